The molecular weight excluding hydrogens is 116 g/mol. The van der Waals surface area contributed by atoms with E-state index in [4.69, 9.17) is 16.6 Å². The first kappa shape index (κ1) is 8.88. The zero-order chi connectivity index (χ0) is 7.49. The van der Waals surface area contributed by atoms with Gasteiger partial charge in [0.05, 0.1) is 0 Å². The Balaban J connectivity index is 3.80. The van der Waals surface area contributed by atoms with E-state index in [1.54, 1.807) is 0 Å². The molecule has 0 aromatic rings. The van der Waals surface area contributed by atoms with Crippen molar-refractivity contribution >= 4 is 0 Å². The molecule has 0 rings (SSSR count). The quantitative estimate of drug-likeness (QED) is 0.475. The zero-order valence-electron chi connectivity index (χ0n) is 6.09. The molecule has 1 unspecified atom stereocenters. The van der Waals surface area contributed by atoms with Crippen molar-refractivity contribution in [3.63, 3.8) is 0 Å². The summed E-state index contributed by atoms with van der Waals surface area (Å²) in [6.45, 7) is 4.30. The van der Waals surface area contributed by atoms with Crippen LogP contribution < -0.4 is 11.5 Å². The minimum absolute atomic E-state index is 0.0887. The van der Waals surface area contributed by atoms with Gasteiger partial charge in [-0.05, 0) is 0 Å². The Bertz CT molecular complexity index is 83.1. The maximum absolute atomic E-state index is 8.76. The van der Waals surface area contributed by atoms with E-state index >= 15 is 0 Å². The molecule has 0 saturated carbocycles. The van der Waals surface area contributed by atoms with E-state index in [1.165, 1.54) is 0 Å². The van der Waals surface area contributed by atoms with E-state index in [-0.39, 0.29) is 18.1 Å². The van der Waals surface area contributed by atoms with Crippen molar-refractivity contribution in [2.75, 3.05) is 13.2 Å². The van der Waals surface area contributed by atoms with E-state index in [0.717, 1.165) is 0 Å². The van der Waals surface area contributed by atoms with Crippen molar-refractivity contribution in [1.82, 2.24) is 0 Å². The molecule has 1 atom stereocenters. The van der Waals surface area contributed by atoms with Crippen LogP contribution in [-0.4, -0.2) is 24.3 Å². The predicted octanol–water partition coefficient (Wildman–Crippen LogP) is -0.709. The molecule has 0 aliphatic heterocycles. The molecule has 0 spiro atoms. The third kappa shape index (κ3) is 2.30. The lowest BCUT2D eigenvalue weighted by Crippen LogP contribution is -2.45. The summed E-state index contributed by atoms with van der Waals surface area (Å²) in [5, 5.41) is 8.76. The van der Waals surface area contributed by atoms with Crippen LogP contribution in [0.4, 0.5) is 0 Å². The standard InChI is InChI=1S/C6H16N2O/c1-6(2,4-9)5(8)3-7/h5,9H,3-4,7-8H2,1-2H3. The molecule has 0 aliphatic carbocycles. The Morgan fingerprint density at radius 1 is 1.56 bits per heavy atom. The van der Waals surface area contributed by atoms with Crippen molar-refractivity contribution < 1.29 is 5.11 Å². The smallest absolute Gasteiger partial charge is 0.0497 e. The van der Waals surface area contributed by atoms with Crippen LogP contribution >= 0.6 is 0 Å². The maximum Gasteiger partial charge on any atom is 0.0497 e. The van der Waals surface area contributed by atoms with Crippen LogP contribution in [0, 0.1) is 5.41 Å². The van der Waals surface area contributed by atoms with Crippen LogP contribution in [0.5, 0.6) is 0 Å². The fourth-order valence-electron chi connectivity index (χ4n) is 0.436. The van der Waals surface area contributed by atoms with Crippen molar-refractivity contribution in [1.29, 1.82) is 0 Å². The van der Waals surface area contributed by atoms with Gasteiger partial charge in [0.1, 0.15) is 0 Å². The average molecular weight is 132 g/mol. The van der Waals surface area contributed by atoms with Gasteiger partial charge < -0.3 is 16.6 Å². The monoisotopic (exact) mass is 132 g/mol. The molecule has 3 heteroatoms. The van der Waals surface area contributed by atoms with E-state index < -0.39 is 0 Å². The SMILES string of the molecule is CC(C)(CO)C(N)CN. The number of nitrogens with two attached hydrogens (primary N) is 2. The largest absolute Gasteiger partial charge is 0.396 e. The van der Waals surface area contributed by atoms with Crippen LogP contribution in [-0.2, 0) is 0 Å². The normalized spacial score (nSPS) is 15.7. The zero-order valence-corrected chi connectivity index (χ0v) is 6.09. The van der Waals surface area contributed by atoms with Gasteiger partial charge in [-0.25, -0.2) is 0 Å². The van der Waals surface area contributed by atoms with Gasteiger partial charge >= 0.3 is 0 Å². The van der Waals surface area contributed by atoms with E-state index in [1.807, 2.05) is 13.8 Å². The molecule has 0 aromatic carbocycles. The highest BCUT2D eigenvalue weighted by Gasteiger charge is 2.23. The van der Waals surface area contributed by atoms with Gasteiger partial charge in [0.2, 0.25) is 0 Å². The van der Waals surface area contributed by atoms with Crippen molar-refractivity contribution in [2.24, 2.45) is 16.9 Å². The Kier molecular flexibility index (Phi) is 3.11. The van der Waals surface area contributed by atoms with Gasteiger partial charge in [-0.2, -0.15) is 0 Å². The van der Waals surface area contributed by atoms with Gasteiger partial charge in [0, 0.05) is 24.6 Å². The molecule has 0 aromatic heterocycles. The van der Waals surface area contributed by atoms with Crippen molar-refractivity contribution in [2.45, 2.75) is 19.9 Å². The minimum Gasteiger partial charge on any atom is -0.396 e. The fraction of sp³-hybridized carbons (Fsp3) is 1.00. The molecule has 0 amide bonds. The fourth-order valence-corrected chi connectivity index (χ4v) is 0.436. The summed E-state index contributed by atoms with van der Waals surface area (Å²) >= 11 is 0. The number of hydrogen-bond acceptors (Lipinski definition) is 3. The Morgan fingerprint density at radius 2 is 2.00 bits per heavy atom. The maximum atomic E-state index is 8.76. The lowest BCUT2D eigenvalue weighted by atomic mass is 9.86. The first-order valence-electron chi connectivity index (χ1n) is 3.11. The van der Waals surface area contributed by atoms with Crippen molar-refractivity contribution in [3.05, 3.63) is 0 Å². The van der Waals surface area contributed by atoms with Gasteiger partial charge in [0.15, 0.2) is 0 Å². The van der Waals surface area contributed by atoms with Crippen LogP contribution in [0.25, 0.3) is 0 Å². The average Bonchev–Trinajstić information content (AvgIpc) is 1.86. The molecule has 9 heavy (non-hydrogen) atoms. The summed E-state index contributed by atoms with van der Waals surface area (Å²) in [5.74, 6) is 0. The lowest BCUT2D eigenvalue weighted by molar-refractivity contribution is 0.134. The molecule has 0 aliphatic rings. The molecule has 0 saturated heterocycles. The highest BCUT2D eigenvalue weighted by atomic mass is 16.3. The van der Waals surface area contributed by atoms with E-state index in [2.05, 4.69) is 0 Å². The molecule has 0 radical (unpaired) electrons. The van der Waals surface area contributed by atoms with Crippen LogP contribution in [0.1, 0.15) is 13.8 Å². The molecule has 0 bridgehead atoms. The third-order valence-corrected chi connectivity index (χ3v) is 1.67. The van der Waals surface area contributed by atoms with E-state index in [0.29, 0.717) is 6.54 Å². The Hall–Kier alpha value is -0.120. The first-order chi connectivity index (χ1) is 4.04. The van der Waals surface area contributed by atoms with Crippen molar-refractivity contribution in [3.8, 4) is 0 Å². The molecule has 3 nitrogen and oxygen atoms in total. The first-order valence-corrected chi connectivity index (χ1v) is 3.11. The summed E-state index contributed by atoms with van der Waals surface area (Å²) in [4.78, 5) is 0. The minimum atomic E-state index is -0.241. The lowest BCUT2D eigenvalue weighted by Gasteiger charge is -2.27. The second-order valence-corrected chi connectivity index (χ2v) is 2.99. The van der Waals surface area contributed by atoms with Gasteiger partial charge in [-0.15, -0.1) is 0 Å². The number of aliphatic hydroxyl groups excluding tert-OH is 1. The summed E-state index contributed by atoms with van der Waals surface area (Å²) in [5.41, 5.74) is 10.6. The van der Waals surface area contributed by atoms with Gasteiger partial charge in [-0.1, -0.05) is 13.8 Å². The second-order valence-electron chi connectivity index (χ2n) is 2.99. The second kappa shape index (κ2) is 3.15. The molecule has 0 fully saturated rings. The molecule has 0 heterocycles. The summed E-state index contributed by atoms with van der Waals surface area (Å²) in [6, 6.07) is -0.109. The number of rotatable bonds is 3. The summed E-state index contributed by atoms with van der Waals surface area (Å²) in [7, 11) is 0. The summed E-state index contributed by atoms with van der Waals surface area (Å²) < 4.78 is 0. The highest BCUT2D eigenvalue weighted by Crippen LogP contribution is 2.16. The summed E-state index contributed by atoms with van der Waals surface area (Å²) in [6.07, 6.45) is 0. The van der Waals surface area contributed by atoms with Crippen LogP contribution in [0.2, 0.25) is 0 Å². The molecular formula is C6H16N2O. The Morgan fingerprint density at radius 3 is 2.11 bits per heavy atom. The topological polar surface area (TPSA) is 72.3 Å². The Labute approximate surface area is 56.0 Å². The third-order valence-electron chi connectivity index (χ3n) is 1.67. The molecule has 56 valence electrons. The number of hydrogen-bond donors (Lipinski definition) is 3. The van der Waals surface area contributed by atoms with Gasteiger partial charge in [-0.3, -0.25) is 0 Å². The molecule has 5 N–H and O–H groups in total. The predicted molar refractivity (Wildman–Crippen MR) is 37.9 cm³/mol. The number of aliphatic hydroxyl groups is 1. The van der Waals surface area contributed by atoms with Crippen LogP contribution in [0.15, 0.2) is 0 Å². The van der Waals surface area contributed by atoms with E-state index in [9.17, 15) is 0 Å². The van der Waals surface area contributed by atoms with Crippen LogP contribution in [0.3, 0.4) is 0 Å². The highest BCUT2D eigenvalue weighted by molar-refractivity contribution is 4.80. The van der Waals surface area contributed by atoms with Gasteiger partial charge in [0.25, 0.3) is 0 Å².